The number of hydrogen-bond acceptors (Lipinski definition) is 15. The predicted octanol–water partition coefficient (Wildman–Crippen LogP) is 17.7. The minimum absolute atomic E-state index is 0.105. The number of unbranched alkanes of at least 4 members (excludes halogenated alkanes) is 33. The molecule has 0 fully saturated rings. The van der Waals surface area contributed by atoms with Crippen LogP contribution < -0.4 is 0 Å². The Hall–Kier alpha value is -1.94. The average molecular weight is 1230 g/mol. The fourth-order valence-corrected chi connectivity index (χ4v) is 11.1. The van der Waals surface area contributed by atoms with Gasteiger partial charge in [-0.2, -0.15) is 0 Å². The van der Waals surface area contributed by atoms with E-state index in [-0.39, 0.29) is 25.7 Å². The van der Waals surface area contributed by atoms with Crippen LogP contribution in [0.4, 0.5) is 0 Å². The van der Waals surface area contributed by atoms with Crippen molar-refractivity contribution in [3.8, 4) is 0 Å². The van der Waals surface area contributed by atoms with Gasteiger partial charge in [0.2, 0.25) is 0 Å². The van der Waals surface area contributed by atoms with Crippen LogP contribution in [0, 0.1) is 11.8 Å². The zero-order valence-corrected chi connectivity index (χ0v) is 55.3. The first kappa shape index (κ1) is 81.1. The summed E-state index contributed by atoms with van der Waals surface area (Å²) in [6, 6.07) is 0. The molecule has 492 valence electrons. The third-order valence-electron chi connectivity index (χ3n) is 14.7. The van der Waals surface area contributed by atoms with Crippen molar-refractivity contribution >= 4 is 39.5 Å². The third kappa shape index (κ3) is 58.8. The SMILES string of the molecule is CCCCCCCCCCCCC(=O)OC[C@H](COP(=O)(O)OC[C@H](O)COP(=O)(O)OC[C@@H](COC(=O)CCCCCCCCCCC(C)C)OC(=O)CCCCCCCCCCCC(C)C)OC(=O)CCCCCCCCCCCC. The molecule has 0 radical (unpaired) electrons. The fraction of sp³-hybridized carbons (Fsp3) is 0.938. The molecule has 2 unspecified atom stereocenters. The third-order valence-corrected chi connectivity index (χ3v) is 16.6. The molecule has 0 spiro atoms. The lowest BCUT2D eigenvalue weighted by atomic mass is 10.0. The van der Waals surface area contributed by atoms with E-state index >= 15 is 0 Å². The Balaban J connectivity index is 5.24. The second-order valence-corrected chi connectivity index (χ2v) is 27.0. The first-order valence-electron chi connectivity index (χ1n) is 33.5. The van der Waals surface area contributed by atoms with E-state index in [4.69, 9.17) is 37.0 Å². The van der Waals surface area contributed by atoms with Crippen LogP contribution in [-0.2, 0) is 65.4 Å². The second-order valence-electron chi connectivity index (χ2n) is 24.1. The summed E-state index contributed by atoms with van der Waals surface area (Å²) >= 11 is 0. The summed E-state index contributed by atoms with van der Waals surface area (Å²) in [6.07, 6.45) is 38.9. The summed E-state index contributed by atoms with van der Waals surface area (Å²) in [5, 5.41) is 10.5. The lowest BCUT2D eigenvalue weighted by molar-refractivity contribution is -0.161. The van der Waals surface area contributed by atoms with Gasteiger partial charge in [0.05, 0.1) is 26.4 Å². The topological polar surface area (TPSA) is 237 Å². The van der Waals surface area contributed by atoms with Gasteiger partial charge in [-0.15, -0.1) is 0 Å². The Morgan fingerprint density at radius 3 is 0.819 bits per heavy atom. The normalized spacial score (nSPS) is 14.3. The maximum absolute atomic E-state index is 13.0. The van der Waals surface area contributed by atoms with Crippen molar-refractivity contribution in [1.82, 2.24) is 0 Å². The van der Waals surface area contributed by atoms with Gasteiger partial charge in [-0.3, -0.25) is 37.3 Å². The number of phosphoric acid groups is 2. The average Bonchev–Trinajstić information content (AvgIpc) is 3.44. The van der Waals surface area contributed by atoms with Crippen molar-refractivity contribution in [3.05, 3.63) is 0 Å². The van der Waals surface area contributed by atoms with Crippen LogP contribution >= 0.6 is 15.6 Å². The summed E-state index contributed by atoms with van der Waals surface area (Å²) in [6.45, 7) is 9.42. The van der Waals surface area contributed by atoms with Crippen LogP contribution in [0.1, 0.15) is 318 Å². The molecule has 0 aliphatic carbocycles. The Morgan fingerprint density at radius 1 is 0.325 bits per heavy atom. The molecule has 0 saturated heterocycles. The van der Waals surface area contributed by atoms with Crippen molar-refractivity contribution in [2.75, 3.05) is 39.6 Å². The molecule has 0 amide bonds. The zero-order valence-electron chi connectivity index (χ0n) is 53.5. The summed E-state index contributed by atoms with van der Waals surface area (Å²) in [5.74, 6) is -0.671. The van der Waals surface area contributed by atoms with Crippen LogP contribution in [0.25, 0.3) is 0 Å². The quantitative estimate of drug-likeness (QED) is 0.0222. The summed E-state index contributed by atoms with van der Waals surface area (Å²) in [7, 11) is -9.88. The summed E-state index contributed by atoms with van der Waals surface area (Å²) in [4.78, 5) is 72.2. The van der Waals surface area contributed by atoms with Gasteiger partial charge >= 0.3 is 39.5 Å². The summed E-state index contributed by atoms with van der Waals surface area (Å²) < 4.78 is 68.0. The zero-order chi connectivity index (χ0) is 61.5. The van der Waals surface area contributed by atoms with Crippen LogP contribution in [0.5, 0.6) is 0 Å². The van der Waals surface area contributed by atoms with Gasteiger partial charge in [0.1, 0.15) is 19.3 Å². The Labute approximate surface area is 505 Å². The van der Waals surface area contributed by atoms with Crippen molar-refractivity contribution in [1.29, 1.82) is 0 Å². The largest absolute Gasteiger partial charge is 0.472 e. The van der Waals surface area contributed by atoms with E-state index in [1.54, 1.807) is 0 Å². The first-order chi connectivity index (χ1) is 39.9. The van der Waals surface area contributed by atoms with E-state index in [1.165, 1.54) is 135 Å². The highest BCUT2D eigenvalue weighted by atomic mass is 31.2. The number of carbonyl (C=O) groups is 4. The Bertz CT molecular complexity index is 1630. The number of ether oxygens (including phenoxy) is 4. The minimum Gasteiger partial charge on any atom is -0.462 e. The summed E-state index contributed by atoms with van der Waals surface area (Å²) in [5.41, 5.74) is 0. The smallest absolute Gasteiger partial charge is 0.462 e. The fourth-order valence-electron chi connectivity index (χ4n) is 9.53. The molecule has 0 saturated carbocycles. The Kier molecular flexibility index (Phi) is 55.2. The van der Waals surface area contributed by atoms with Gasteiger partial charge in [0.15, 0.2) is 12.2 Å². The van der Waals surface area contributed by atoms with Gasteiger partial charge in [0, 0.05) is 25.7 Å². The number of aliphatic hydroxyl groups is 1. The molecule has 0 aromatic heterocycles. The van der Waals surface area contributed by atoms with Crippen molar-refractivity contribution in [3.63, 3.8) is 0 Å². The number of esters is 4. The minimum atomic E-state index is -4.94. The van der Waals surface area contributed by atoms with Crippen molar-refractivity contribution < 1.29 is 80.2 Å². The number of phosphoric ester groups is 2. The van der Waals surface area contributed by atoms with Gasteiger partial charge < -0.3 is 33.8 Å². The highest BCUT2D eigenvalue weighted by Crippen LogP contribution is 2.45. The van der Waals surface area contributed by atoms with Crippen LogP contribution in [0.3, 0.4) is 0 Å². The number of carbonyl (C=O) groups excluding carboxylic acids is 4. The van der Waals surface area contributed by atoms with Gasteiger partial charge in [-0.05, 0) is 37.5 Å². The van der Waals surface area contributed by atoms with E-state index in [0.29, 0.717) is 25.7 Å². The second kappa shape index (κ2) is 56.6. The van der Waals surface area contributed by atoms with Crippen LogP contribution in [-0.4, -0.2) is 96.7 Å². The number of aliphatic hydroxyl groups excluding tert-OH is 1. The monoisotopic (exact) mass is 1230 g/mol. The predicted molar refractivity (Wildman–Crippen MR) is 331 cm³/mol. The molecule has 5 atom stereocenters. The van der Waals surface area contributed by atoms with E-state index in [2.05, 4.69) is 41.5 Å². The highest BCUT2D eigenvalue weighted by Gasteiger charge is 2.30. The molecule has 0 rings (SSSR count). The maximum atomic E-state index is 13.0. The first-order valence-corrected chi connectivity index (χ1v) is 36.5. The van der Waals surface area contributed by atoms with Gasteiger partial charge in [-0.25, -0.2) is 9.13 Å². The van der Waals surface area contributed by atoms with E-state index in [9.17, 15) is 43.2 Å². The molecule has 0 bridgehead atoms. The van der Waals surface area contributed by atoms with Gasteiger partial charge in [-0.1, -0.05) is 266 Å². The molecule has 3 N–H and O–H groups in total. The molecule has 0 aromatic carbocycles. The van der Waals surface area contributed by atoms with Crippen molar-refractivity contribution in [2.45, 2.75) is 336 Å². The van der Waals surface area contributed by atoms with Gasteiger partial charge in [0.25, 0.3) is 0 Å². The number of rotatable bonds is 63. The van der Waals surface area contributed by atoms with Crippen LogP contribution in [0.15, 0.2) is 0 Å². The van der Waals surface area contributed by atoms with E-state index < -0.39 is 97.5 Å². The molecule has 0 aliphatic heterocycles. The lowest BCUT2D eigenvalue weighted by Crippen LogP contribution is -2.30. The molecule has 83 heavy (non-hydrogen) atoms. The lowest BCUT2D eigenvalue weighted by Gasteiger charge is -2.21. The molecule has 17 nitrogen and oxygen atoms in total. The van der Waals surface area contributed by atoms with Crippen molar-refractivity contribution in [2.24, 2.45) is 11.8 Å². The molecule has 0 heterocycles. The molecule has 19 heteroatoms. The van der Waals surface area contributed by atoms with E-state index in [1.807, 2.05) is 0 Å². The van der Waals surface area contributed by atoms with Crippen LogP contribution in [0.2, 0.25) is 0 Å². The number of hydrogen-bond donors (Lipinski definition) is 3. The maximum Gasteiger partial charge on any atom is 0.472 e. The molecule has 0 aromatic rings. The standard InChI is InChI=1S/C64H124O17P2/c1-7-9-11-13-15-17-21-28-34-40-46-61(66)74-52-59(80-63(68)48-42-36-30-22-18-16-14-12-10-8-2)54-78-82(70,71)76-50-58(65)51-77-83(72,73)79-55-60(53-75-62(67)47-41-35-29-25-24-27-33-39-45-57(5)6)81-64(69)49-43-37-31-23-19-20-26-32-38-44-56(3)4/h56-60,65H,7-55H2,1-6H3,(H,70,71)(H,72,73)/t58-,59+,60+/m0/s1. The highest BCUT2D eigenvalue weighted by molar-refractivity contribution is 7.47. The molecule has 0 aliphatic rings. The van der Waals surface area contributed by atoms with E-state index in [0.717, 1.165) is 102 Å². The Morgan fingerprint density at radius 2 is 0.554 bits per heavy atom. The molecular weight excluding hydrogens is 1100 g/mol. The molecular formula is C64H124O17P2.